The van der Waals surface area contributed by atoms with Crippen molar-refractivity contribution in [2.75, 3.05) is 18.6 Å². The third-order valence-electron chi connectivity index (χ3n) is 3.86. The minimum atomic E-state index is -0.127. The third-order valence-corrected chi connectivity index (χ3v) is 4.94. The Morgan fingerprint density at radius 1 is 1.23 bits per heavy atom. The summed E-state index contributed by atoms with van der Waals surface area (Å²) in [7, 11) is 1.65. The van der Waals surface area contributed by atoms with Gasteiger partial charge in [-0.3, -0.25) is 4.79 Å². The van der Waals surface area contributed by atoms with Crippen molar-refractivity contribution in [2.45, 2.75) is 23.5 Å². The second-order valence-corrected chi connectivity index (χ2v) is 6.72. The summed E-state index contributed by atoms with van der Waals surface area (Å²) in [6.45, 7) is 2.74. The van der Waals surface area contributed by atoms with Crippen LogP contribution in [0.5, 0.6) is 5.75 Å². The molecule has 0 fully saturated rings. The molecule has 1 amide bonds. The normalized spacial score (nSPS) is 14.5. The number of amides is 1. The Bertz CT molecular complexity index is 686. The molecule has 1 heterocycles. The summed E-state index contributed by atoms with van der Waals surface area (Å²) in [6, 6.07) is 16.0. The fourth-order valence-corrected chi connectivity index (χ4v) is 3.69. The van der Waals surface area contributed by atoms with Crippen molar-refractivity contribution in [3.8, 4) is 5.75 Å². The molecular weight excluding hydrogens is 294 g/mol. The first-order valence-corrected chi connectivity index (χ1v) is 8.27. The predicted molar refractivity (Wildman–Crippen MR) is 90.8 cm³/mol. The Morgan fingerprint density at radius 2 is 2.05 bits per heavy atom. The summed E-state index contributed by atoms with van der Waals surface area (Å²) in [5.74, 6) is 0.980. The largest absolute Gasteiger partial charge is 0.497 e. The molecule has 3 nitrogen and oxygen atoms in total. The monoisotopic (exact) mass is 313 g/mol. The van der Waals surface area contributed by atoms with Crippen LogP contribution in [0.1, 0.15) is 12.5 Å². The van der Waals surface area contributed by atoms with E-state index in [0.29, 0.717) is 0 Å². The van der Waals surface area contributed by atoms with Crippen molar-refractivity contribution in [3.63, 3.8) is 0 Å². The third kappa shape index (κ3) is 2.97. The molecule has 2 aromatic carbocycles. The van der Waals surface area contributed by atoms with Crippen molar-refractivity contribution >= 4 is 23.4 Å². The fraction of sp³-hybridized carbons (Fsp3) is 0.278. The molecule has 114 valence electrons. The lowest BCUT2D eigenvalue weighted by atomic mass is 10.2. The van der Waals surface area contributed by atoms with E-state index in [9.17, 15) is 4.79 Å². The summed E-state index contributed by atoms with van der Waals surface area (Å²) in [5.41, 5.74) is 2.32. The van der Waals surface area contributed by atoms with E-state index in [-0.39, 0.29) is 11.2 Å². The van der Waals surface area contributed by atoms with Crippen molar-refractivity contribution < 1.29 is 9.53 Å². The maximum atomic E-state index is 12.7. The number of anilines is 1. The first-order valence-electron chi connectivity index (χ1n) is 7.39. The van der Waals surface area contributed by atoms with E-state index in [1.807, 2.05) is 54.3 Å². The number of fused-ring (bicyclic) bond motifs is 1. The molecule has 3 rings (SSSR count). The fourth-order valence-electron chi connectivity index (χ4n) is 2.72. The number of hydrogen-bond donors (Lipinski definition) is 0. The number of benzene rings is 2. The molecule has 22 heavy (non-hydrogen) atoms. The Labute approximate surface area is 135 Å². The minimum Gasteiger partial charge on any atom is -0.497 e. The molecule has 1 aliphatic rings. The van der Waals surface area contributed by atoms with Crippen LogP contribution < -0.4 is 9.64 Å². The molecule has 0 N–H and O–H groups in total. The number of carbonyl (C=O) groups is 1. The van der Waals surface area contributed by atoms with Gasteiger partial charge in [-0.2, -0.15) is 0 Å². The van der Waals surface area contributed by atoms with Gasteiger partial charge in [-0.15, -0.1) is 11.8 Å². The Kier molecular flexibility index (Phi) is 4.39. The molecule has 0 saturated carbocycles. The zero-order valence-corrected chi connectivity index (χ0v) is 13.6. The highest BCUT2D eigenvalue weighted by Crippen LogP contribution is 2.32. The average Bonchev–Trinajstić information content (AvgIpc) is 2.98. The average molecular weight is 313 g/mol. The van der Waals surface area contributed by atoms with Gasteiger partial charge in [0.1, 0.15) is 5.75 Å². The molecular formula is C18H19NO2S. The van der Waals surface area contributed by atoms with Gasteiger partial charge in [0, 0.05) is 17.1 Å². The molecule has 4 heteroatoms. The number of carbonyl (C=O) groups excluding carboxylic acids is 1. The second kappa shape index (κ2) is 6.44. The maximum Gasteiger partial charge on any atom is 0.240 e. The number of ether oxygens (including phenoxy) is 1. The Morgan fingerprint density at radius 3 is 2.86 bits per heavy atom. The van der Waals surface area contributed by atoms with Crippen LogP contribution in [0.4, 0.5) is 5.69 Å². The highest BCUT2D eigenvalue weighted by molar-refractivity contribution is 8.00. The topological polar surface area (TPSA) is 29.5 Å². The molecule has 0 bridgehead atoms. The summed E-state index contributed by atoms with van der Waals surface area (Å²) >= 11 is 1.57. The second-order valence-electron chi connectivity index (χ2n) is 5.31. The summed E-state index contributed by atoms with van der Waals surface area (Å²) in [5, 5.41) is -0.127. The lowest BCUT2D eigenvalue weighted by molar-refractivity contribution is -0.117. The lowest BCUT2D eigenvalue weighted by Gasteiger charge is -2.21. The van der Waals surface area contributed by atoms with Gasteiger partial charge in [0.15, 0.2) is 0 Å². The van der Waals surface area contributed by atoms with Crippen LogP contribution in [-0.4, -0.2) is 24.8 Å². The van der Waals surface area contributed by atoms with Crippen LogP contribution in [0.3, 0.4) is 0 Å². The molecule has 0 spiro atoms. The Balaban J connectivity index is 1.73. The molecule has 1 unspecified atom stereocenters. The number of thioether (sulfide) groups is 1. The highest BCUT2D eigenvalue weighted by atomic mass is 32.2. The number of rotatable bonds is 4. The highest BCUT2D eigenvalue weighted by Gasteiger charge is 2.28. The van der Waals surface area contributed by atoms with Gasteiger partial charge in [0.05, 0.1) is 12.4 Å². The smallest absolute Gasteiger partial charge is 0.240 e. The molecule has 2 aromatic rings. The lowest BCUT2D eigenvalue weighted by Crippen LogP contribution is -2.35. The number of methoxy groups -OCH3 is 1. The van der Waals surface area contributed by atoms with Crippen molar-refractivity contribution in [3.05, 3.63) is 54.1 Å². The van der Waals surface area contributed by atoms with Gasteiger partial charge in [-0.25, -0.2) is 0 Å². The summed E-state index contributed by atoms with van der Waals surface area (Å²) in [6.07, 6.45) is 0.943. The minimum absolute atomic E-state index is 0.127. The van der Waals surface area contributed by atoms with Gasteiger partial charge in [0.2, 0.25) is 5.91 Å². The summed E-state index contributed by atoms with van der Waals surface area (Å²) < 4.78 is 5.23. The van der Waals surface area contributed by atoms with E-state index < -0.39 is 0 Å². The van der Waals surface area contributed by atoms with E-state index in [1.165, 1.54) is 5.56 Å². The quantitative estimate of drug-likeness (QED) is 0.805. The van der Waals surface area contributed by atoms with Crippen LogP contribution in [-0.2, 0) is 11.2 Å². The summed E-state index contributed by atoms with van der Waals surface area (Å²) in [4.78, 5) is 15.7. The van der Waals surface area contributed by atoms with E-state index in [4.69, 9.17) is 4.74 Å². The van der Waals surface area contributed by atoms with Gasteiger partial charge in [-0.05, 0) is 43.2 Å². The number of hydrogen-bond acceptors (Lipinski definition) is 3. The van der Waals surface area contributed by atoms with Crippen LogP contribution in [0.2, 0.25) is 0 Å². The number of nitrogens with zero attached hydrogens (tertiary/aromatic N) is 1. The van der Waals surface area contributed by atoms with Crippen LogP contribution in [0.15, 0.2) is 53.4 Å². The molecule has 0 aliphatic carbocycles. The molecule has 1 atom stereocenters. The van der Waals surface area contributed by atoms with Crippen molar-refractivity contribution in [1.82, 2.24) is 0 Å². The molecule has 1 aliphatic heterocycles. The van der Waals surface area contributed by atoms with Gasteiger partial charge < -0.3 is 9.64 Å². The van der Waals surface area contributed by atoms with Gasteiger partial charge in [0.25, 0.3) is 0 Å². The Hall–Kier alpha value is -1.94. The van der Waals surface area contributed by atoms with E-state index in [0.717, 1.165) is 29.3 Å². The zero-order chi connectivity index (χ0) is 15.5. The van der Waals surface area contributed by atoms with E-state index in [2.05, 4.69) is 6.07 Å². The van der Waals surface area contributed by atoms with Crippen LogP contribution >= 0.6 is 11.8 Å². The van der Waals surface area contributed by atoms with Gasteiger partial charge >= 0.3 is 0 Å². The van der Waals surface area contributed by atoms with Gasteiger partial charge in [-0.1, -0.05) is 24.3 Å². The molecule has 0 saturated heterocycles. The van der Waals surface area contributed by atoms with E-state index >= 15 is 0 Å². The maximum absolute atomic E-state index is 12.7. The van der Waals surface area contributed by atoms with Crippen LogP contribution in [0.25, 0.3) is 0 Å². The van der Waals surface area contributed by atoms with E-state index in [1.54, 1.807) is 18.9 Å². The first-order chi connectivity index (χ1) is 10.7. The molecule has 0 aromatic heterocycles. The predicted octanol–water partition coefficient (Wildman–Crippen LogP) is 3.77. The molecule has 0 radical (unpaired) electrons. The first kappa shape index (κ1) is 15.0. The van der Waals surface area contributed by atoms with Crippen molar-refractivity contribution in [1.29, 1.82) is 0 Å². The SMILES string of the molecule is COc1cccc(SC(C)C(=O)N2CCc3ccccc32)c1. The van der Waals surface area contributed by atoms with Crippen LogP contribution in [0, 0.1) is 0 Å². The standard InChI is InChI=1S/C18H19NO2S/c1-13(22-16-8-5-7-15(12-16)21-2)18(20)19-11-10-14-6-3-4-9-17(14)19/h3-9,12-13H,10-11H2,1-2H3. The zero-order valence-electron chi connectivity index (χ0n) is 12.8. The van der Waals surface area contributed by atoms with Crippen molar-refractivity contribution in [2.24, 2.45) is 0 Å². The number of para-hydroxylation sites is 1.